The van der Waals surface area contributed by atoms with Crippen molar-refractivity contribution in [2.45, 2.75) is 6.92 Å². The van der Waals surface area contributed by atoms with Crippen LogP contribution in [0.3, 0.4) is 0 Å². The number of aryl methyl sites for hydroxylation is 1. The summed E-state index contributed by atoms with van der Waals surface area (Å²) in [6.07, 6.45) is 1.76. The summed E-state index contributed by atoms with van der Waals surface area (Å²) in [6.45, 7) is 5.39. The minimum Gasteiger partial charge on any atom is -0.395 e. The summed E-state index contributed by atoms with van der Waals surface area (Å²) in [4.78, 5) is 15.7. The summed E-state index contributed by atoms with van der Waals surface area (Å²) in [5.41, 5.74) is 9.02. The first kappa shape index (κ1) is 12.8. The van der Waals surface area contributed by atoms with E-state index in [4.69, 9.17) is 5.73 Å². The van der Waals surface area contributed by atoms with Crippen LogP contribution in [0.1, 0.15) is 5.56 Å². The third-order valence-corrected chi connectivity index (χ3v) is 2.72. The first-order valence-electron chi connectivity index (χ1n) is 5.85. The number of pyridine rings is 1. The average Bonchev–Trinajstić information content (AvgIpc) is 2.40. The molecule has 2 aromatic rings. The maximum atomic E-state index is 11.4. The number of anilines is 1. The Bertz CT molecular complexity index is 618. The lowest BCUT2D eigenvalue weighted by molar-refractivity contribution is -0.112. The van der Waals surface area contributed by atoms with Crippen molar-refractivity contribution in [2.75, 3.05) is 5.32 Å². The van der Waals surface area contributed by atoms with Crippen LogP contribution in [-0.4, -0.2) is 10.9 Å². The summed E-state index contributed by atoms with van der Waals surface area (Å²) in [6, 6.07) is 11.3. The zero-order chi connectivity index (χ0) is 13.8. The molecule has 2 rings (SSSR count). The van der Waals surface area contributed by atoms with Gasteiger partial charge in [-0.25, -0.2) is 0 Å². The average molecular weight is 253 g/mol. The highest BCUT2D eigenvalue weighted by Gasteiger charge is 2.05. The van der Waals surface area contributed by atoms with Crippen LogP contribution in [0, 0.1) is 6.92 Å². The molecular weight excluding hydrogens is 238 g/mol. The number of aromatic nitrogens is 1. The van der Waals surface area contributed by atoms with Crippen LogP contribution in [0.4, 0.5) is 5.69 Å². The molecule has 0 aliphatic rings. The molecule has 0 fully saturated rings. The summed E-state index contributed by atoms with van der Waals surface area (Å²) in [5.74, 6) is -0.387. The summed E-state index contributed by atoms with van der Waals surface area (Å²) >= 11 is 0. The first-order valence-corrected chi connectivity index (χ1v) is 5.85. The molecule has 3 N–H and O–H groups in total. The molecule has 0 spiro atoms. The molecule has 0 radical (unpaired) electrons. The third kappa shape index (κ3) is 2.98. The summed E-state index contributed by atoms with van der Waals surface area (Å²) < 4.78 is 0. The van der Waals surface area contributed by atoms with Crippen molar-refractivity contribution in [3.63, 3.8) is 0 Å². The molecule has 0 unspecified atom stereocenters. The molecule has 0 aliphatic carbocycles. The highest BCUT2D eigenvalue weighted by atomic mass is 16.1. The van der Waals surface area contributed by atoms with Crippen molar-refractivity contribution in [1.29, 1.82) is 0 Å². The fourth-order valence-electron chi connectivity index (χ4n) is 1.71. The number of carbonyl (C=O) groups is 1. The number of nitrogens with zero attached hydrogens (tertiary/aromatic N) is 1. The van der Waals surface area contributed by atoms with E-state index in [1.807, 2.05) is 43.3 Å². The van der Waals surface area contributed by atoms with Crippen LogP contribution in [-0.2, 0) is 4.79 Å². The van der Waals surface area contributed by atoms with E-state index in [1.165, 1.54) is 0 Å². The second kappa shape index (κ2) is 5.35. The number of amides is 1. The van der Waals surface area contributed by atoms with Crippen LogP contribution in [0.15, 0.2) is 54.9 Å². The summed E-state index contributed by atoms with van der Waals surface area (Å²) in [7, 11) is 0. The maximum absolute atomic E-state index is 11.4. The molecule has 0 aliphatic heterocycles. The van der Waals surface area contributed by atoms with Gasteiger partial charge < -0.3 is 11.1 Å². The number of benzene rings is 1. The molecule has 0 saturated heterocycles. The van der Waals surface area contributed by atoms with Gasteiger partial charge in [0.25, 0.3) is 5.91 Å². The molecule has 1 aromatic heterocycles. The van der Waals surface area contributed by atoms with E-state index in [-0.39, 0.29) is 11.6 Å². The van der Waals surface area contributed by atoms with E-state index < -0.39 is 0 Å². The topological polar surface area (TPSA) is 68.0 Å². The molecule has 4 heteroatoms. The minimum absolute atomic E-state index is 0.00959. The summed E-state index contributed by atoms with van der Waals surface area (Å²) in [5, 5.41) is 2.65. The lowest BCUT2D eigenvalue weighted by Crippen LogP contribution is -2.18. The highest BCUT2D eigenvalue weighted by Crippen LogP contribution is 2.22. The Labute approximate surface area is 112 Å². The SMILES string of the molecule is C=C(N)C(=O)Nc1ccc(-c2ncccc2C)cc1. The smallest absolute Gasteiger partial charge is 0.270 e. The van der Waals surface area contributed by atoms with Gasteiger partial charge in [-0.1, -0.05) is 24.8 Å². The Morgan fingerprint density at radius 1 is 1.26 bits per heavy atom. The van der Waals surface area contributed by atoms with Crippen molar-refractivity contribution in [3.8, 4) is 11.3 Å². The van der Waals surface area contributed by atoms with Gasteiger partial charge in [0.05, 0.1) is 11.4 Å². The van der Waals surface area contributed by atoms with Crippen molar-refractivity contribution < 1.29 is 4.79 Å². The molecule has 1 heterocycles. The number of carbonyl (C=O) groups excluding carboxylic acids is 1. The lowest BCUT2D eigenvalue weighted by Gasteiger charge is -2.07. The van der Waals surface area contributed by atoms with Crippen molar-refractivity contribution in [1.82, 2.24) is 4.98 Å². The number of rotatable bonds is 3. The molecule has 4 nitrogen and oxygen atoms in total. The molecule has 1 amide bonds. The van der Waals surface area contributed by atoms with Gasteiger partial charge in [-0.15, -0.1) is 0 Å². The maximum Gasteiger partial charge on any atom is 0.270 e. The van der Waals surface area contributed by atoms with Gasteiger partial charge in [0, 0.05) is 17.4 Å². The first-order chi connectivity index (χ1) is 9.08. The Balaban J connectivity index is 2.22. The second-order valence-electron chi connectivity index (χ2n) is 4.23. The van der Waals surface area contributed by atoms with Crippen LogP contribution in [0.25, 0.3) is 11.3 Å². The Morgan fingerprint density at radius 3 is 2.53 bits per heavy atom. The molecule has 0 atom stereocenters. The van der Waals surface area contributed by atoms with E-state index in [1.54, 1.807) is 6.20 Å². The molecule has 0 bridgehead atoms. The molecule has 0 saturated carbocycles. The Morgan fingerprint density at radius 2 is 1.95 bits per heavy atom. The van der Waals surface area contributed by atoms with E-state index in [0.717, 1.165) is 16.8 Å². The van der Waals surface area contributed by atoms with E-state index in [0.29, 0.717) is 5.69 Å². The number of hydrogen-bond donors (Lipinski definition) is 2. The largest absolute Gasteiger partial charge is 0.395 e. The van der Waals surface area contributed by atoms with E-state index in [2.05, 4.69) is 16.9 Å². The predicted octanol–water partition coefficient (Wildman–Crippen LogP) is 2.47. The highest BCUT2D eigenvalue weighted by molar-refractivity contribution is 6.02. The number of hydrogen-bond acceptors (Lipinski definition) is 3. The quantitative estimate of drug-likeness (QED) is 0.826. The standard InChI is InChI=1S/C15H15N3O/c1-10-4-3-9-17-14(10)12-5-7-13(8-6-12)18-15(19)11(2)16/h3-9H,2,16H2,1H3,(H,18,19). The Kier molecular flexibility index (Phi) is 3.61. The van der Waals surface area contributed by atoms with Crippen LogP contribution in [0.2, 0.25) is 0 Å². The van der Waals surface area contributed by atoms with E-state index >= 15 is 0 Å². The predicted molar refractivity (Wildman–Crippen MR) is 76.4 cm³/mol. The Hall–Kier alpha value is -2.62. The van der Waals surface area contributed by atoms with Crippen LogP contribution in [0.5, 0.6) is 0 Å². The van der Waals surface area contributed by atoms with Gasteiger partial charge in [0.15, 0.2) is 0 Å². The zero-order valence-electron chi connectivity index (χ0n) is 10.7. The van der Waals surface area contributed by atoms with Gasteiger partial charge in [0.2, 0.25) is 0 Å². The fraction of sp³-hybridized carbons (Fsp3) is 0.0667. The lowest BCUT2D eigenvalue weighted by atomic mass is 10.1. The molecule has 1 aromatic carbocycles. The van der Waals surface area contributed by atoms with Gasteiger partial charge >= 0.3 is 0 Å². The monoisotopic (exact) mass is 253 g/mol. The van der Waals surface area contributed by atoms with Crippen molar-refractivity contribution in [3.05, 3.63) is 60.4 Å². The number of nitrogens with one attached hydrogen (secondary N) is 1. The molecule has 96 valence electrons. The normalized spacial score (nSPS) is 9.95. The van der Waals surface area contributed by atoms with Crippen molar-refractivity contribution >= 4 is 11.6 Å². The van der Waals surface area contributed by atoms with Gasteiger partial charge in [0.1, 0.15) is 0 Å². The zero-order valence-corrected chi connectivity index (χ0v) is 10.7. The van der Waals surface area contributed by atoms with Gasteiger partial charge in [-0.3, -0.25) is 9.78 Å². The third-order valence-electron chi connectivity index (χ3n) is 2.72. The fourth-order valence-corrected chi connectivity index (χ4v) is 1.71. The van der Waals surface area contributed by atoms with Gasteiger partial charge in [-0.05, 0) is 30.7 Å². The van der Waals surface area contributed by atoms with Crippen molar-refractivity contribution in [2.24, 2.45) is 5.73 Å². The minimum atomic E-state index is -0.387. The number of nitrogens with two attached hydrogens (primary N) is 1. The van der Waals surface area contributed by atoms with Crippen LogP contribution >= 0.6 is 0 Å². The van der Waals surface area contributed by atoms with Gasteiger partial charge in [-0.2, -0.15) is 0 Å². The molecular formula is C15H15N3O. The molecule has 19 heavy (non-hydrogen) atoms. The second-order valence-corrected chi connectivity index (χ2v) is 4.23. The van der Waals surface area contributed by atoms with Crippen LogP contribution < -0.4 is 11.1 Å². The van der Waals surface area contributed by atoms with E-state index in [9.17, 15) is 4.79 Å².